The third kappa shape index (κ3) is 3.77. The van der Waals surface area contributed by atoms with Crippen molar-refractivity contribution >= 4 is 29.6 Å². The van der Waals surface area contributed by atoms with Crippen LogP contribution in [0, 0.1) is 0 Å². The van der Waals surface area contributed by atoms with Gasteiger partial charge in [-0.25, -0.2) is 9.69 Å². The number of hydrogen-bond donors (Lipinski definition) is 1. The number of amides is 4. The van der Waals surface area contributed by atoms with Crippen LogP contribution in [0.1, 0.15) is 5.56 Å². The Kier molecular flexibility index (Phi) is 5.91. The van der Waals surface area contributed by atoms with Crippen molar-refractivity contribution in [3.8, 4) is 23.0 Å². The van der Waals surface area contributed by atoms with Crippen LogP contribution in [-0.4, -0.2) is 46.3 Å². The van der Waals surface area contributed by atoms with Gasteiger partial charge in [-0.15, -0.1) is 0 Å². The summed E-state index contributed by atoms with van der Waals surface area (Å²) in [6.07, 6.45) is 1.33. The average molecular weight is 412 g/mol. The number of rotatable bonds is 6. The van der Waals surface area contributed by atoms with Crippen molar-refractivity contribution < 1.29 is 33.3 Å². The molecule has 1 heterocycles. The van der Waals surface area contributed by atoms with Crippen LogP contribution in [0.5, 0.6) is 23.0 Å². The molecule has 0 spiro atoms. The van der Waals surface area contributed by atoms with Crippen LogP contribution in [-0.2, 0) is 9.59 Å². The van der Waals surface area contributed by atoms with E-state index in [1.165, 1.54) is 34.5 Å². The molecule has 2 aromatic rings. The van der Waals surface area contributed by atoms with Gasteiger partial charge in [0.25, 0.3) is 11.8 Å². The zero-order valence-corrected chi connectivity index (χ0v) is 16.8. The lowest BCUT2D eigenvalue weighted by atomic mass is 10.1. The highest BCUT2D eigenvalue weighted by atomic mass is 16.5. The molecule has 0 aliphatic carbocycles. The molecule has 1 N–H and O–H groups in total. The first kappa shape index (κ1) is 20.7. The van der Waals surface area contributed by atoms with Crippen molar-refractivity contribution in [2.24, 2.45) is 0 Å². The summed E-state index contributed by atoms with van der Waals surface area (Å²) in [5, 5.41) is 2.18. The number of methoxy groups -OCH3 is 4. The van der Waals surface area contributed by atoms with Crippen molar-refractivity contribution in [1.29, 1.82) is 0 Å². The number of hydrogen-bond acceptors (Lipinski definition) is 7. The number of nitrogens with one attached hydrogen (secondary N) is 1. The van der Waals surface area contributed by atoms with Gasteiger partial charge in [0, 0.05) is 11.6 Å². The van der Waals surface area contributed by atoms with Gasteiger partial charge in [0.2, 0.25) is 0 Å². The van der Waals surface area contributed by atoms with Gasteiger partial charge in [0.1, 0.15) is 17.1 Å². The zero-order valence-electron chi connectivity index (χ0n) is 16.8. The molecule has 2 aromatic carbocycles. The standard InChI is InChI=1S/C21H20N2O7/c1-27-14-7-5-13(6-8-14)23-20(25)15(19(24)22-21(23)26)9-12-10-17(29-3)18(30-4)11-16(12)28-2/h5-11H,1-4H3,(H,22,24,26). The van der Waals surface area contributed by atoms with Gasteiger partial charge in [-0.3, -0.25) is 14.9 Å². The van der Waals surface area contributed by atoms with Crippen molar-refractivity contribution in [2.45, 2.75) is 0 Å². The number of barbiturate groups is 1. The minimum atomic E-state index is -0.841. The summed E-state index contributed by atoms with van der Waals surface area (Å²) in [4.78, 5) is 38.6. The van der Waals surface area contributed by atoms with Crippen molar-refractivity contribution in [1.82, 2.24) is 5.32 Å². The molecule has 9 heteroatoms. The largest absolute Gasteiger partial charge is 0.497 e. The molecular weight excluding hydrogens is 392 g/mol. The first-order valence-corrected chi connectivity index (χ1v) is 8.79. The monoisotopic (exact) mass is 412 g/mol. The molecule has 0 bridgehead atoms. The van der Waals surface area contributed by atoms with Crippen molar-refractivity contribution in [3.05, 3.63) is 47.5 Å². The lowest BCUT2D eigenvalue weighted by Crippen LogP contribution is -2.54. The third-order valence-corrected chi connectivity index (χ3v) is 4.47. The molecule has 30 heavy (non-hydrogen) atoms. The summed E-state index contributed by atoms with van der Waals surface area (Å²) in [5.41, 5.74) is 0.449. The van der Waals surface area contributed by atoms with Crippen LogP contribution < -0.4 is 29.2 Å². The summed E-state index contributed by atoms with van der Waals surface area (Å²) in [7, 11) is 5.89. The maximum absolute atomic E-state index is 13.0. The van der Waals surface area contributed by atoms with Crippen LogP contribution in [0.15, 0.2) is 42.0 Å². The molecule has 9 nitrogen and oxygen atoms in total. The fraction of sp³-hybridized carbons (Fsp3) is 0.190. The fourth-order valence-electron chi connectivity index (χ4n) is 2.94. The maximum Gasteiger partial charge on any atom is 0.335 e. The molecule has 0 saturated carbocycles. The lowest BCUT2D eigenvalue weighted by molar-refractivity contribution is -0.122. The quantitative estimate of drug-likeness (QED) is 0.574. The Balaban J connectivity index is 2.06. The number of anilines is 1. The van der Waals surface area contributed by atoms with E-state index in [2.05, 4.69) is 5.32 Å². The number of imide groups is 2. The number of ether oxygens (including phenoxy) is 4. The highest BCUT2D eigenvalue weighted by Gasteiger charge is 2.37. The Bertz CT molecular complexity index is 1030. The molecule has 3 rings (SSSR count). The van der Waals surface area contributed by atoms with E-state index in [9.17, 15) is 14.4 Å². The third-order valence-electron chi connectivity index (χ3n) is 4.47. The predicted octanol–water partition coefficient (Wildman–Crippen LogP) is 2.39. The summed E-state index contributed by atoms with van der Waals surface area (Å²) in [5.74, 6) is 0.138. The van der Waals surface area contributed by atoms with E-state index in [-0.39, 0.29) is 11.3 Å². The number of benzene rings is 2. The molecule has 0 unspecified atom stereocenters. The van der Waals surface area contributed by atoms with E-state index in [0.717, 1.165) is 4.90 Å². The Morgan fingerprint density at radius 1 is 0.800 bits per heavy atom. The van der Waals surface area contributed by atoms with E-state index in [4.69, 9.17) is 18.9 Å². The highest BCUT2D eigenvalue weighted by molar-refractivity contribution is 6.39. The number of urea groups is 1. The summed E-state index contributed by atoms with van der Waals surface area (Å²) >= 11 is 0. The SMILES string of the molecule is COc1ccc(N2C(=O)NC(=O)C(=Cc3cc(OC)c(OC)cc3OC)C2=O)cc1. The Morgan fingerprint density at radius 2 is 1.40 bits per heavy atom. The average Bonchev–Trinajstić information content (AvgIpc) is 2.76. The van der Waals surface area contributed by atoms with E-state index in [1.54, 1.807) is 36.4 Å². The molecule has 1 aliphatic rings. The van der Waals surface area contributed by atoms with E-state index in [0.29, 0.717) is 28.6 Å². The second-order valence-electron chi connectivity index (χ2n) is 6.11. The van der Waals surface area contributed by atoms with E-state index in [1.807, 2.05) is 0 Å². The van der Waals surface area contributed by atoms with Gasteiger partial charge < -0.3 is 18.9 Å². The zero-order chi connectivity index (χ0) is 21.8. The Hall–Kier alpha value is -4.01. The number of carbonyl (C=O) groups is 3. The number of carbonyl (C=O) groups excluding carboxylic acids is 3. The molecular formula is C21H20N2O7. The summed E-state index contributed by atoms with van der Waals surface area (Å²) in [6.45, 7) is 0. The van der Waals surface area contributed by atoms with Gasteiger partial charge in [0.05, 0.1) is 34.1 Å². The summed E-state index contributed by atoms with van der Waals surface area (Å²) < 4.78 is 20.9. The van der Waals surface area contributed by atoms with Crippen LogP contribution in [0.4, 0.5) is 10.5 Å². The topological polar surface area (TPSA) is 103 Å². The smallest absolute Gasteiger partial charge is 0.335 e. The second kappa shape index (κ2) is 8.56. The normalized spacial score (nSPS) is 15.1. The van der Waals surface area contributed by atoms with Crippen LogP contribution in [0.3, 0.4) is 0 Å². The maximum atomic E-state index is 13.0. The molecule has 4 amide bonds. The molecule has 1 saturated heterocycles. The second-order valence-corrected chi connectivity index (χ2v) is 6.11. The van der Waals surface area contributed by atoms with Crippen LogP contribution in [0.2, 0.25) is 0 Å². The van der Waals surface area contributed by atoms with Gasteiger partial charge in [-0.05, 0) is 36.4 Å². The number of nitrogens with zero attached hydrogens (tertiary/aromatic N) is 1. The fourth-order valence-corrected chi connectivity index (χ4v) is 2.94. The molecule has 0 atom stereocenters. The van der Waals surface area contributed by atoms with Crippen LogP contribution in [0.25, 0.3) is 6.08 Å². The molecule has 156 valence electrons. The predicted molar refractivity (Wildman–Crippen MR) is 108 cm³/mol. The van der Waals surface area contributed by atoms with E-state index < -0.39 is 17.8 Å². The van der Waals surface area contributed by atoms with Gasteiger partial charge in [0.15, 0.2) is 11.5 Å². The van der Waals surface area contributed by atoms with Gasteiger partial charge in [-0.2, -0.15) is 0 Å². The molecule has 1 fully saturated rings. The summed E-state index contributed by atoms with van der Waals surface area (Å²) in [6, 6.07) is 8.59. The Morgan fingerprint density at radius 3 is 1.97 bits per heavy atom. The van der Waals surface area contributed by atoms with Gasteiger partial charge in [-0.1, -0.05) is 0 Å². The lowest BCUT2D eigenvalue weighted by Gasteiger charge is -2.26. The minimum absolute atomic E-state index is 0.240. The van der Waals surface area contributed by atoms with Gasteiger partial charge >= 0.3 is 6.03 Å². The minimum Gasteiger partial charge on any atom is -0.497 e. The molecule has 0 radical (unpaired) electrons. The van der Waals surface area contributed by atoms with Crippen molar-refractivity contribution in [2.75, 3.05) is 33.3 Å². The van der Waals surface area contributed by atoms with Crippen LogP contribution >= 0.6 is 0 Å². The first-order chi connectivity index (χ1) is 14.4. The van der Waals surface area contributed by atoms with E-state index >= 15 is 0 Å². The molecule has 1 aliphatic heterocycles. The highest BCUT2D eigenvalue weighted by Crippen LogP contribution is 2.36. The first-order valence-electron chi connectivity index (χ1n) is 8.79. The Labute approximate surface area is 172 Å². The van der Waals surface area contributed by atoms with Crippen molar-refractivity contribution in [3.63, 3.8) is 0 Å². The molecule has 0 aromatic heterocycles.